The van der Waals surface area contributed by atoms with Crippen molar-refractivity contribution in [1.29, 1.82) is 0 Å². The summed E-state index contributed by atoms with van der Waals surface area (Å²) < 4.78 is 16.9. The lowest BCUT2D eigenvalue weighted by atomic mass is 9.99. The molecule has 9 nitrogen and oxygen atoms in total. The van der Waals surface area contributed by atoms with Crippen molar-refractivity contribution >= 4 is 11.0 Å². The van der Waals surface area contributed by atoms with E-state index in [1.165, 1.54) is 24.3 Å². The van der Waals surface area contributed by atoms with Crippen molar-refractivity contribution < 1.29 is 44.5 Å². The van der Waals surface area contributed by atoms with Gasteiger partial charge in [-0.15, -0.1) is 0 Å². The summed E-state index contributed by atoms with van der Waals surface area (Å²) in [5.41, 5.74) is 0.981. The minimum absolute atomic E-state index is 0.107. The standard InChI is InChI=1S/C21H20O9/c22-9-17-18(25)19(26)20(27)21(30-17)29-16-8-12(24)7-15-13(16)5-6-14(28-15)10-1-3-11(23)4-2-10/h1-8,17-22,25-27H,9H2,(H-,23,24)/p+1. The maximum absolute atomic E-state index is 10.2. The van der Waals surface area contributed by atoms with Crippen LogP contribution in [-0.2, 0) is 4.74 Å². The maximum Gasteiger partial charge on any atom is 0.368 e. The van der Waals surface area contributed by atoms with Gasteiger partial charge in [-0.1, -0.05) is 0 Å². The van der Waals surface area contributed by atoms with Crippen LogP contribution in [0.5, 0.6) is 17.2 Å². The summed E-state index contributed by atoms with van der Waals surface area (Å²) in [5, 5.41) is 59.3. The molecule has 158 valence electrons. The SMILES string of the molecule is OCC1OC(Oc2cc(O)cc3[o+]c(-c4ccc(O)cc4)ccc23)C(O)C(O)C1O. The summed E-state index contributed by atoms with van der Waals surface area (Å²) in [6.45, 7) is -0.586. The Morgan fingerprint density at radius 1 is 0.867 bits per heavy atom. The molecule has 0 amide bonds. The van der Waals surface area contributed by atoms with E-state index in [2.05, 4.69) is 0 Å². The van der Waals surface area contributed by atoms with E-state index in [4.69, 9.17) is 13.9 Å². The smallest absolute Gasteiger partial charge is 0.368 e. The second-order valence-electron chi connectivity index (χ2n) is 7.02. The fraction of sp³-hybridized carbons (Fsp3) is 0.286. The van der Waals surface area contributed by atoms with E-state index in [1.54, 1.807) is 24.3 Å². The zero-order valence-electron chi connectivity index (χ0n) is 15.6. The van der Waals surface area contributed by atoms with E-state index in [0.29, 0.717) is 16.7 Å². The van der Waals surface area contributed by atoms with Crippen LogP contribution >= 0.6 is 0 Å². The van der Waals surface area contributed by atoms with Gasteiger partial charge in [0.2, 0.25) is 6.29 Å². The van der Waals surface area contributed by atoms with Crippen LogP contribution in [0.2, 0.25) is 0 Å². The lowest BCUT2D eigenvalue weighted by molar-refractivity contribution is -0.277. The second kappa shape index (κ2) is 8.05. The first-order valence-electron chi connectivity index (χ1n) is 9.24. The fourth-order valence-electron chi connectivity index (χ4n) is 3.32. The number of hydrogen-bond acceptors (Lipinski definition) is 8. The molecular formula is C21H21O9+. The average molecular weight is 417 g/mol. The lowest BCUT2D eigenvalue weighted by Gasteiger charge is -2.39. The van der Waals surface area contributed by atoms with Crippen LogP contribution in [0.25, 0.3) is 22.3 Å². The molecule has 0 bridgehead atoms. The number of fused-ring (bicyclic) bond motifs is 1. The number of aromatic hydroxyl groups is 2. The highest BCUT2D eigenvalue weighted by atomic mass is 16.7. The highest BCUT2D eigenvalue weighted by molar-refractivity contribution is 5.86. The maximum atomic E-state index is 10.2. The molecule has 1 aromatic heterocycles. The first kappa shape index (κ1) is 20.3. The summed E-state index contributed by atoms with van der Waals surface area (Å²) in [6.07, 6.45) is -7.21. The van der Waals surface area contributed by atoms with Crippen LogP contribution in [0.4, 0.5) is 0 Å². The number of phenols is 2. The molecule has 1 aliphatic rings. The minimum Gasteiger partial charge on any atom is -0.508 e. The topological polar surface area (TPSA) is 151 Å². The van der Waals surface area contributed by atoms with Crippen molar-refractivity contribution in [2.24, 2.45) is 0 Å². The predicted octanol–water partition coefficient (Wildman–Crippen LogP) is 0.971. The number of aliphatic hydroxyl groups is 4. The van der Waals surface area contributed by atoms with E-state index in [-0.39, 0.29) is 22.8 Å². The fourth-order valence-corrected chi connectivity index (χ4v) is 3.32. The molecule has 1 saturated heterocycles. The van der Waals surface area contributed by atoms with Crippen LogP contribution in [0.3, 0.4) is 0 Å². The number of phenolic OH excluding ortho intramolecular Hbond substituents is 2. The molecule has 1 fully saturated rings. The molecule has 5 unspecified atom stereocenters. The predicted molar refractivity (Wildman–Crippen MR) is 104 cm³/mol. The Hall–Kier alpha value is -2.95. The summed E-state index contributed by atoms with van der Waals surface area (Å²) in [7, 11) is 0. The van der Waals surface area contributed by atoms with Gasteiger partial charge in [-0.25, -0.2) is 4.42 Å². The third-order valence-corrected chi connectivity index (χ3v) is 4.95. The van der Waals surface area contributed by atoms with Crippen LogP contribution in [0.15, 0.2) is 52.9 Å². The number of benzene rings is 2. The Bertz CT molecular complexity index is 1030. The van der Waals surface area contributed by atoms with Gasteiger partial charge in [0.1, 0.15) is 47.1 Å². The van der Waals surface area contributed by atoms with Gasteiger partial charge < -0.3 is 40.1 Å². The Morgan fingerprint density at radius 2 is 1.60 bits per heavy atom. The Labute approximate surface area is 170 Å². The quantitative estimate of drug-likeness (QED) is 0.341. The molecule has 3 aromatic rings. The Morgan fingerprint density at radius 3 is 2.30 bits per heavy atom. The Balaban J connectivity index is 1.68. The first-order valence-corrected chi connectivity index (χ1v) is 9.24. The average Bonchev–Trinajstić information content (AvgIpc) is 2.74. The zero-order valence-corrected chi connectivity index (χ0v) is 15.6. The molecule has 2 heterocycles. The molecule has 9 heteroatoms. The number of hydrogen-bond donors (Lipinski definition) is 6. The monoisotopic (exact) mass is 417 g/mol. The molecule has 0 aliphatic carbocycles. The van der Waals surface area contributed by atoms with Crippen LogP contribution in [0, 0.1) is 0 Å². The summed E-state index contributed by atoms with van der Waals surface area (Å²) in [4.78, 5) is 0. The Kier molecular flexibility index (Phi) is 5.46. The van der Waals surface area contributed by atoms with Gasteiger partial charge in [-0.05, 0) is 30.3 Å². The van der Waals surface area contributed by atoms with Gasteiger partial charge in [-0.3, -0.25) is 0 Å². The van der Waals surface area contributed by atoms with Gasteiger partial charge in [0.15, 0.2) is 0 Å². The normalized spacial score (nSPS) is 26.6. The van der Waals surface area contributed by atoms with Gasteiger partial charge in [-0.2, -0.15) is 0 Å². The van der Waals surface area contributed by atoms with E-state index in [0.717, 1.165) is 0 Å². The van der Waals surface area contributed by atoms with Crippen molar-refractivity contribution in [3.8, 4) is 28.6 Å². The molecule has 5 atom stereocenters. The molecule has 0 radical (unpaired) electrons. The van der Waals surface area contributed by atoms with Crippen molar-refractivity contribution in [2.45, 2.75) is 30.7 Å². The van der Waals surface area contributed by atoms with Gasteiger partial charge in [0.05, 0.1) is 18.2 Å². The highest BCUT2D eigenvalue weighted by Crippen LogP contribution is 2.36. The van der Waals surface area contributed by atoms with Gasteiger partial charge >= 0.3 is 11.3 Å². The van der Waals surface area contributed by atoms with Crippen LogP contribution in [0.1, 0.15) is 0 Å². The largest absolute Gasteiger partial charge is 0.508 e. The molecule has 4 rings (SSSR count). The number of aliphatic hydroxyl groups excluding tert-OH is 4. The van der Waals surface area contributed by atoms with E-state index < -0.39 is 37.3 Å². The van der Waals surface area contributed by atoms with Gasteiger partial charge in [0, 0.05) is 12.1 Å². The van der Waals surface area contributed by atoms with E-state index >= 15 is 0 Å². The zero-order chi connectivity index (χ0) is 21.4. The van der Waals surface area contributed by atoms with Crippen molar-refractivity contribution in [1.82, 2.24) is 0 Å². The first-order chi connectivity index (χ1) is 14.4. The third-order valence-electron chi connectivity index (χ3n) is 4.95. The molecule has 6 N–H and O–H groups in total. The summed E-state index contributed by atoms with van der Waals surface area (Å²) in [5.74, 6) is 0.531. The molecular weight excluding hydrogens is 396 g/mol. The molecule has 0 saturated carbocycles. The molecule has 2 aromatic carbocycles. The lowest BCUT2D eigenvalue weighted by Crippen LogP contribution is -2.60. The van der Waals surface area contributed by atoms with E-state index in [9.17, 15) is 30.6 Å². The van der Waals surface area contributed by atoms with Crippen LogP contribution in [-0.4, -0.2) is 68.0 Å². The summed E-state index contributed by atoms with van der Waals surface area (Å²) >= 11 is 0. The minimum atomic E-state index is -1.59. The molecule has 30 heavy (non-hydrogen) atoms. The van der Waals surface area contributed by atoms with Crippen molar-refractivity contribution in [3.05, 3.63) is 48.5 Å². The summed E-state index contributed by atoms with van der Waals surface area (Å²) in [6, 6.07) is 12.4. The van der Waals surface area contributed by atoms with Gasteiger partial charge in [0.25, 0.3) is 0 Å². The van der Waals surface area contributed by atoms with E-state index in [1.807, 2.05) is 0 Å². The second-order valence-corrected chi connectivity index (χ2v) is 7.02. The van der Waals surface area contributed by atoms with Crippen molar-refractivity contribution in [3.63, 3.8) is 0 Å². The third kappa shape index (κ3) is 3.76. The molecule has 1 aliphatic heterocycles. The number of rotatable bonds is 4. The van der Waals surface area contributed by atoms with Crippen molar-refractivity contribution in [2.75, 3.05) is 6.61 Å². The highest BCUT2D eigenvalue weighted by Gasteiger charge is 2.45. The number of ether oxygens (including phenoxy) is 2. The molecule has 0 spiro atoms. The van der Waals surface area contributed by atoms with Crippen LogP contribution < -0.4 is 4.74 Å².